The lowest BCUT2D eigenvalue weighted by Gasteiger charge is -2.17. The van der Waals surface area contributed by atoms with Crippen molar-refractivity contribution in [2.45, 2.75) is 33.6 Å². The Kier molecular flexibility index (Phi) is 3.12. The van der Waals surface area contributed by atoms with Crippen LogP contribution in [-0.4, -0.2) is 13.1 Å². The number of esters is 1. The highest BCUT2D eigenvalue weighted by Crippen LogP contribution is 2.36. The van der Waals surface area contributed by atoms with Gasteiger partial charge in [0.15, 0.2) is 0 Å². The van der Waals surface area contributed by atoms with Gasteiger partial charge in [0.05, 0.1) is 7.11 Å². The molecule has 0 saturated heterocycles. The van der Waals surface area contributed by atoms with Crippen molar-refractivity contribution in [2.75, 3.05) is 7.11 Å². The molecule has 0 aromatic carbocycles. The second-order valence-electron chi connectivity index (χ2n) is 4.07. The minimum absolute atomic E-state index is 0.131. The van der Waals surface area contributed by atoms with E-state index in [2.05, 4.69) is 13.8 Å². The van der Waals surface area contributed by atoms with E-state index in [0.717, 1.165) is 18.4 Å². The summed E-state index contributed by atoms with van der Waals surface area (Å²) in [4.78, 5) is 11.5. The number of hydrogen-bond acceptors (Lipinski definition) is 2. The molecule has 0 aliphatic heterocycles. The third-order valence-corrected chi connectivity index (χ3v) is 2.87. The summed E-state index contributed by atoms with van der Waals surface area (Å²) >= 11 is 0. The monoisotopic (exact) mass is 182 g/mol. The summed E-state index contributed by atoms with van der Waals surface area (Å²) in [7, 11) is 1.46. The van der Waals surface area contributed by atoms with Crippen molar-refractivity contribution < 1.29 is 9.53 Å². The number of methoxy groups -OCH3 is 1. The fourth-order valence-corrected chi connectivity index (χ4v) is 2.07. The molecule has 0 fully saturated rings. The highest BCUT2D eigenvalue weighted by molar-refractivity contribution is 5.90. The van der Waals surface area contributed by atoms with Crippen molar-refractivity contribution in [2.24, 2.45) is 11.8 Å². The van der Waals surface area contributed by atoms with Gasteiger partial charge in [-0.2, -0.15) is 0 Å². The van der Waals surface area contributed by atoms with Crippen molar-refractivity contribution in [3.63, 3.8) is 0 Å². The summed E-state index contributed by atoms with van der Waals surface area (Å²) < 4.78 is 4.79. The Bertz CT molecular complexity index is 238. The molecule has 0 radical (unpaired) electrons. The van der Waals surface area contributed by atoms with Crippen LogP contribution in [0.25, 0.3) is 0 Å². The Hall–Kier alpha value is -0.790. The van der Waals surface area contributed by atoms with E-state index in [1.807, 2.05) is 6.92 Å². The molecule has 1 rings (SSSR count). The van der Waals surface area contributed by atoms with Crippen LogP contribution in [0.3, 0.4) is 0 Å². The van der Waals surface area contributed by atoms with Crippen LogP contribution in [0, 0.1) is 11.8 Å². The second kappa shape index (κ2) is 3.95. The maximum absolute atomic E-state index is 11.5. The van der Waals surface area contributed by atoms with Gasteiger partial charge < -0.3 is 4.74 Å². The predicted molar refractivity (Wildman–Crippen MR) is 52.3 cm³/mol. The maximum atomic E-state index is 11.5. The van der Waals surface area contributed by atoms with Crippen LogP contribution in [0.5, 0.6) is 0 Å². The fourth-order valence-electron chi connectivity index (χ4n) is 2.07. The molecular weight excluding hydrogens is 164 g/mol. The van der Waals surface area contributed by atoms with E-state index in [0.29, 0.717) is 11.8 Å². The molecule has 0 aromatic rings. The first-order chi connectivity index (χ1) is 6.07. The smallest absolute Gasteiger partial charge is 0.333 e. The largest absolute Gasteiger partial charge is 0.466 e. The molecule has 13 heavy (non-hydrogen) atoms. The first-order valence-electron chi connectivity index (χ1n) is 4.86. The molecule has 1 aliphatic rings. The summed E-state index contributed by atoms with van der Waals surface area (Å²) in [6, 6.07) is 0. The number of hydrogen-bond donors (Lipinski definition) is 0. The highest BCUT2D eigenvalue weighted by Gasteiger charge is 2.30. The van der Waals surface area contributed by atoms with E-state index in [1.54, 1.807) is 0 Å². The second-order valence-corrected chi connectivity index (χ2v) is 4.07. The number of carbonyl (C=O) groups excluding carboxylic acids is 1. The summed E-state index contributed by atoms with van der Waals surface area (Å²) in [5, 5.41) is 0. The standard InChI is InChI=1S/C11H18O2/c1-7(2)9-6-5-8(3)10(9)11(12)13-4/h7,9H,5-6H2,1-4H3/t9-/m1/s1. The molecule has 1 atom stereocenters. The average Bonchev–Trinajstić information content (AvgIpc) is 2.46. The molecule has 0 amide bonds. The molecule has 1 aliphatic carbocycles. The minimum Gasteiger partial charge on any atom is -0.466 e. The van der Waals surface area contributed by atoms with Gasteiger partial charge in [-0.3, -0.25) is 0 Å². The normalized spacial score (nSPS) is 22.7. The Morgan fingerprint density at radius 1 is 1.54 bits per heavy atom. The van der Waals surface area contributed by atoms with Gasteiger partial charge in [-0.15, -0.1) is 0 Å². The van der Waals surface area contributed by atoms with Gasteiger partial charge >= 0.3 is 5.97 Å². The topological polar surface area (TPSA) is 26.3 Å². The number of ether oxygens (including phenoxy) is 1. The van der Waals surface area contributed by atoms with Gasteiger partial charge in [0.25, 0.3) is 0 Å². The van der Waals surface area contributed by atoms with Crippen molar-refractivity contribution in [1.29, 1.82) is 0 Å². The average molecular weight is 182 g/mol. The Morgan fingerprint density at radius 3 is 2.62 bits per heavy atom. The van der Waals surface area contributed by atoms with Gasteiger partial charge in [0.2, 0.25) is 0 Å². The van der Waals surface area contributed by atoms with Crippen LogP contribution in [0.4, 0.5) is 0 Å². The molecule has 0 N–H and O–H groups in total. The first kappa shape index (κ1) is 10.3. The SMILES string of the molecule is COC(=O)C1=C(C)CC[C@@H]1C(C)C. The molecule has 2 heteroatoms. The Morgan fingerprint density at radius 2 is 2.15 bits per heavy atom. The lowest BCUT2D eigenvalue weighted by molar-refractivity contribution is -0.136. The number of rotatable bonds is 2. The lowest BCUT2D eigenvalue weighted by atomic mass is 9.89. The van der Waals surface area contributed by atoms with Crippen molar-refractivity contribution in [1.82, 2.24) is 0 Å². The zero-order valence-corrected chi connectivity index (χ0v) is 8.89. The van der Waals surface area contributed by atoms with Crippen molar-refractivity contribution in [3.05, 3.63) is 11.1 Å². The lowest BCUT2D eigenvalue weighted by Crippen LogP contribution is -2.16. The van der Waals surface area contributed by atoms with Gasteiger partial charge in [-0.25, -0.2) is 4.79 Å². The van der Waals surface area contributed by atoms with Crippen LogP contribution >= 0.6 is 0 Å². The van der Waals surface area contributed by atoms with Gasteiger partial charge in [-0.1, -0.05) is 19.4 Å². The third-order valence-electron chi connectivity index (χ3n) is 2.87. The zero-order valence-electron chi connectivity index (χ0n) is 8.89. The molecular formula is C11H18O2. The van der Waals surface area contributed by atoms with Crippen molar-refractivity contribution >= 4 is 5.97 Å². The fraction of sp³-hybridized carbons (Fsp3) is 0.727. The summed E-state index contributed by atoms with van der Waals surface area (Å²) in [5.41, 5.74) is 2.14. The summed E-state index contributed by atoms with van der Waals surface area (Å²) in [6.07, 6.45) is 2.15. The zero-order chi connectivity index (χ0) is 10.0. The molecule has 0 heterocycles. The van der Waals surface area contributed by atoms with Gasteiger partial charge in [0.1, 0.15) is 0 Å². The Balaban J connectivity index is 2.88. The quantitative estimate of drug-likeness (QED) is 0.613. The summed E-state index contributed by atoms with van der Waals surface area (Å²) in [5.74, 6) is 0.813. The van der Waals surface area contributed by atoms with Crippen LogP contribution in [0.1, 0.15) is 33.6 Å². The first-order valence-corrected chi connectivity index (χ1v) is 4.86. The van der Waals surface area contributed by atoms with Crippen LogP contribution in [0.15, 0.2) is 11.1 Å². The number of allylic oxidation sites excluding steroid dienone is 1. The van der Waals surface area contributed by atoms with Crippen LogP contribution in [0.2, 0.25) is 0 Å². The van der Waals surface area contributed by atoms with Gasteiger partial charge in [-0.05, 0) is 31.6 Å². The van der Waals surface area contributed by atoms with E-state index in [-0.39, 0.29) is 5.97 Å². The van der Waals surface area contributed by atoms with Gasteiger partial charge in [0, 0.05) is 5.57 Å². The molecule has 0 saturated carbocycles. The van der Waals surface area contributed by atoms with Crippen molar-refractivity contribution in [3.8, 4) is 0 Å². The molecule has 0 spiro atoms. The highest BCUT2D eigenvalue weighted by atomic mass is 16.5. The molecule has 74 valence electrons. The number of carbonyl (C=O) groups is 1. The van der Waals surface area contributed by atoms with Crippen LogP contribution < -0.4 is 0 Å². The molecule has 0 aromatic heterocycles. The van der Waals surface area contributed by atoms with E-state index >= 15 is 0 Å². The van der Waals surface area contributed by atoms with E-state index in [4.69, 9.17) is 4.74 Å². The Labute approximate surface area is 80.0 Å². The van der Waals surface area contributed by atoms with E-state index in [9.17, 15) is 4.79 Å². The minimum atomic E-state index is -0.131. The predicted octanol–water partition coefficient (Wildman–Crippen LogP) is 2.54. The van der Waals surface area contributed by atoms with E-state index in [1.165, 1.54) is 12.7 Å². The maximum Gasteiger partial charge on any atom is 0.333 e. The van der Waals surface area contributed by atoms with E-state index < -0.39 is 0 Å². The molecule has 2 nitrogen and oxygen atoms in total. The van der Waals surface area contributed by atoms with Crippen LogP contribution in [-0.2, 0) is 9.53 Å². The third kappa shape index (κ3) is 1.93. The summed E-state index contributed by atoms with van der Waals surface area (Å²) in [6.45, 7) is 6.35. The molecule has 0 unspecified atom stereocenters. The molecule has 0 bridgehead atoms.